The zero-order valence-electron chi connectivity index (χ0n) is 5.76. The highest BCUT2D eigenvalue weighted by Gasteiger charge is 1.99. The Balaban J connectivity index is 3.15. The van der Waals surface area contributed by atoms with E-state index in [2.05, 4.69) is 6.58 Å². The molecule has 0 unspecified atom stereocenters. The summed E-state index contributed by atoms with van der Waals surface area (Å²) in [6.07, 6.45) is 2.63. The molecule has 0 saturated heterocycles. The molecule has 0 aliphatic rings. The Labute approximate surface area is 64.0 Å². The summed E-state index contributed by atoms with van der Waals surface area (Å²) >= 11 is 1.50. The van der Waals surface area contributed by atoms with Gasteiger partial charge in [0.15, 0.2) is 6.29 Å². The summed E-state index contributed by atoms with van der Waals surface area (Å²) in [5, 5.41) is 0. The normalized spacial score (nSPS) is 9.30. The van der Waals surface area contributed by atoms with Gasteiger partial charge in [0.05, 0.1) is 4.88 Å². The molecule has 1 heterocycles. The lowest BCUT2D eigenvalue weighted by molar-refractivity contribution is 0.112. The summed E-state index contributed by atoms with van der Waals surface area (Å²) in [7, 11) is 0. The Kier molecular flexibility index (Phi) is 2.02. The second-order valence-corrected chi connectivity index (χ2v) is 3.27. The van der Waals surface area contributed by atoms with E-state index >= 15 is 0 Å². The predicted octanol–water partition coefficient (Wildman–Crippen LogP) is 2.51. The third kappa shape index (κ3) is 1.16. The second-order valence-electron chi connectivity index (χ2n) is 1.98. The molecule has 52 valence electrons. The van der Waals surface area contributed by atoms with Crippen LogP contribution in [-0.4, -0.2) is 6.29 Å². The van der Waals surface area contributed by atoms with Crippen LogP contribution in [0, 0.1) is 6.92 Å². The van der Waals surface area contributed by atoms with Gasteiger partial charge in [0.2, 0.25) is 0 Å². The van der Waals surface area contributed by atoms with E-state index in [1.54, 1.807) is 6.08 Å². The SMILES string of the molecule is C=Cc1cc(C=O)sc1C. The highest BCUT2D eigenvalue weighted by atomic mass is 32.1. The minimum absolute atomic E-state index is 0.771. The minimum Gasteiger partial charge on any atom is -0.297 e. The van der Waals surface area contributed by atoms with Crippen molar-refractivity contribution in [3.05, 3.63) is 28.0 Å². The quantitative estimate of drug-likeness (QED) is 0.595. The molecule has 2 heteroatoms. The summed E-state index contributed by atoms with van der Waals surface area (Å²) in [6.45, 7) is 5.61. The van der Waals surface area contributed by atoms with Gasteiger partial charge in [-0.25, -0.2) is 0 Å². The van der Waals surface area contributed by atoms with Crippen LogP contribution in [0.3, 0.4) is 0 Å². The number of hydrogen-bond donors (Lipinski definition) is 0. The van der Waals surface area contributed by atoms with Crippen LogP contribution in [0.1, 0.15) is 20.1 Å². The predicted molar refractivity (Wildman–Crippen MR) is 44.5 cm³/mol. The van der Waals surface area contributed by atoms with Gasteiger partial charge in [-0.05, 0) is 18.6 Å². The Morgan fingerprint density at radius 1 is 1.70 bits per heavy atom. The van der Waals surface area contributed by atoms with E-state index in [0.29, 0.717) is 0 Å². The second kappa shape index (κ2) is 2.80. The first-order chi connectivity index (χ1) is 4.77. The fraction of sp³-hybridized carbons (Fsp3) is 0.125. The first kappa shape index (κ1) is 7.22. The monoisotopic (exact) mass is 152 g/mol. The summed E-state index contributed by atoms with van der Waals surface area (Å²) in [5.41, 5.74) is 1.06. The van der Waals surface area contributed by atoms with E-state index in [9.17, 15) is 4.79 Å². The van der Waals surface area contributed by atoms with Gasteiger partial charge >= 0.3 is 0 Å². The van der Waals surface area contributed by atoms with Gasteiger partial charge < -0.3 is 0 Å². The van der Waals surface area contributed by atoms with Gasteiger partial charge in [-0.2, -0.15) is 0 Å². The summed E-state index contributed by atoms with van der Waals surface area (Å²) < 4.78 is 0. The highest BCUT2D eigenvalue weighted by Crippen LogP contribution is 2.20. The molecule has 0 N–H and O–H groups in total. The molecule has 0 aromatic carbocycles. The van der Waals surface area contributed by atoms with Crippen LogP contribution in [-0.2, 0) is 0 Å². The van der Waals surface area contributed by atoms with Gasteiger partial charge in [0, 0.05) is 4.88 Å². The molecule has 0 aliphatic heterocycles. The molecule has 0 atom stereocenters. The lowest BCUT2D eigenvalue weighted by atomic mass is 10.2. The maximum absolute atomic E-state index is 10.3. The van der Waals surface area contributed by atoms with E-state index < -0.39 is 0 Å². The van der Waals surface area contributed by atoms with Gasteiger partial charge in [-0.3, -0.25) is 4.79 Å². The van der Waals surface area contributed by atoms with Crippen molar-refractivity contribution in [2.24, 2.45) is 0 Å². The minimum atomic E-state index is 0.771. The summed E-state index contributed by atoms with van der Waals surface area (Å²) in [6, 6.07) is 1.85. The smallest absolute Gasteiger partial charge is 0.160 e. The van der Waals surface area contributed by atoms with E-state index in [1.807, 2.05) is 13.0 Å². The first-order valence-corrected chi connectivity index (χ1v) is 3.77. The van der Waals surface area contributed by atoms with Crippen LogP contribution in [0.15, 0.2) is 12.6 Å². The van der Waals surface area contributed by atoms with E-state index in [4.69, 9.17) is 0 Å². The molecule has 0 aliphatic carbocycles. The number of aldehydes is 1. The molecule has 10 heavy (non-hydrogen) atoms. The lowest BCUT2D eigenvalue weighted by Crippen LogP contribution is -1.65. The standard InChI is InChI=1S/C8H8OS/c1-3-7-4-8(5-9)10-6(7)2/h3-5H,1H2,2H3. The largest absolute Gasteiger partial charge is 0.297 e. The Hall–Kier alpha value is -0.890. The molecular formula is C8H8OS. The van der Waals surface area contributed by atoms with Crippen molar-refractivity contribution >= 4 is 23.7 Å². The Morgan fingerprint density at radius 2 is 2.40 bits per heavy atom. The molecule has 0 radical (unpaired) electrons. The van der Waals surface area contributed by atoms with E-state index in [0.717, 1.165) is 21.6 Å². The maximum atomic E-state index is 10.3. The van der Waals surface area contributed by atoms with Crippen molar-refractivity contribution in [2.75, 3.05) is 0 Å². The van der Waals surface area contributed by atoms with Crippen molar-refractivity contribution in [3.8, 4) is 0 Å². The topological polar surface area (TPSA) is 17.1 Å². The number of carbonyl (C=O) groups is 1. The fourth-order valence-electron chi connectivity index (χ4n) is 0.781. The van der Waals surface area contributed by atoms with Crippen molar-refractivity contribution < 1.29 is 4.79 Å². The lowest BCUT2D eigenvalue weighted by Gasteiger charge is -1.82. The Morgan fingerprint density at radius 3 is 2.70 bits per heavy atom. The third-order valence-electron chi connectivity index (χ3n) is 1.31. The molecule has 0 amide bonds. The van der Waals surface area contributed by atoms with Gasteiger partial charge in [0.25, 0.3) is 0 Å². The van der Waals surface area contributed by atoms with Crippen molar-refractivity contribution in [2.45, 2.75) is 6.92 Å². The molecule has 0 bridgehead atoms. The van der Waals surface area contributed by atoms with Crippen LogP contribution in [0.5, 0.6) is 0 Å². The average molecular weight is 152 g/mol. The van der Waals surface area contributed by atoms with Crippen LogP contribution >= 0.6 is 11.3 Å². The van der Waals surface area contributed by atoms with Crippen LogP contribution in [0.25, 0.3) is 6.08 Å². The van der Waals surface area contributed by atoms with Crippen LogP contribution in [0.2, 0.25) is 0 Å². The molecule has 1 aromatic rings. The number of aryl methyl sites for hydroxylation is 1. The zero-order chi connectivity index (χ0) is 7.56. The fourth-order valence-corrected chi connectivity index (χ4v) is 1.63. The number of rotatable bonds is 2. The first-order valence-electron chi connectivity index (χ1n) is 2.96. The number of thiophene rings is 1. The van der Waals surface area contributed by atoms with E-state index in [-0.39, 0.29) is 0 Å². The van der Waals surface area contributed by atoms with Crippen molar-refractivity contribution in [1.82, 2.24) is 0 Å². The molecule has 1 aromatic heterocycles. The van der Waals surface area contributed by atoms with Crippen LogP contribution in [0.4, 0.5) is 0 Å². The molecular weight excluding hydrogens is 144 g/mol. The summed E-state index contributed by atoms with van der Waals surface area (Å²) in [4.78, 5) is 12.2. The maximum Gasteiger partial charge on any atom is 0.160 e. The van der Waals surface area contributed by atoms with Crippen molar-refractivity contribution in [1.29, 1.82) is 0 Å². The highest BCUT2D eigenvalue weighted by molar-refractivity contribution is 7.13. The summed E-state index contributed by atoms with van der Waals surface area (Å²) in [5.74, 6) is 0. The molecule has 1 rings (SSSR count). The number of hydrogen-bond acceptors (Lipinski definition) is 2. The molecule has 0 spiro atoms. The Bertz CT molecular complexity index is 260. The average Bonchev–Trinajstić information content (AvgIpc) is 2.30. The van der Waals surface area contributed by atoms with E-state index in [1.165, 1.54) is 11.3 Å². The third-order valence-corrected chi connectivity index (χ3v) is 2.30. The van der Waals surface area contributed by atoms with Gasteiger partial charge in [-0.1, -0.05) is 12.7 Å². The number of carbonyl (C=O) groups excluding carboxylic acids is 1. The molecule has 0 saturated carbocycles. The molecule has 0 fully saturated rings. The molecule has 1 nitrogen and oxygen atoms in total. The van der Waals surface area contributed by atoms with Gasteiger partial charge in [0.1, 0.15) is 0 Å². The van der Waals surface area contributed by atoms with Gasteiger partial charge in [-0.15, -0.1) is 11.3 Å². The van der Waals surface area contributed by atoms with Crippen LogP contribution < -0.4 is 0 Å². The van der Waals surface area contributed by atoms with Crippen molar-refractivity contribution in [3.63, 3.8) is 0 Å². The zero-order valence-corrected chi connectivity index (χ0v) is 6.57.